The molecule has 10 nitrogen and oxygen atoms in total. The number of imidazole rings is 1. The number of hydrogen-bond donors (Lipinski definition) is 3. The third-order valence-electron chi connectivity index (χ3n) is 6.31. The van der Waals surface area contributed by atoms with Gasteiger partial charge in [0.1, 0.15) is 5.69 Å². The van der Waals surface area contributed by atoms with Crippen LogP contribution in [-0.2, 0) is 9.53 Å². The second kappa shape index (κ2) is 10.3. The first-order valence-corrected chi connectivity index (χ1v) is 11.5. The van der Waals surface area contributed by atoms with E-state index in [-0.39, 0.29) is 41.3 Å². The summed E-state index contributed by atoms with van der Waals surface area (Å²) in [5.74, 6) is -1.38. The van der Waals surface area contributed by atoms with Crippen LogP contribution in [0.5, 0.6) is 0 Å². The van der Waals surface area contributed by atoms with Gasteiger partial charge in [0.25, 0.3) is 11.8 Å². The molecule has 1 atom stereocenters. The van der Waals surface area contributed by atoms with Crippen molar-refractivity contribution in [1.82, 2.24) is 19.9 Å². The highest BCUT2D eigenvalue weighted by molar-refractivity contribution is 6.33. The minimum Gasteiger partial charge on any atom is -0.376 e. The van der Waals surface area contributed by atoms with Gasteiger partial charge in [-0.3, -0.25) is 19.4 Å². The number of carbonyl (C=O) groups is 3. The van der Waals surface area contributed by atoms with E-state index >= 15 is 0 Å². The van der Waals surface area contributed by atoms with Crippen molar-refractivity contribution in [2.75, 3.05) is 18.5 Å². The molecule has 33 heavy (non-hydrogen) atoms. The van der Waals surface area contributed by atoms with Crippen molar-refractivity contribution < 1.29 is 19.1 Å². The Morgan fingerprint density at radius 2 is 2.03 bits per heavy atom. The van der Waals surface area contributed by atoms with Gasteiger partial charge >= 0.3 is 0 Å². The van der Waals surface area contributed by atoms with E-state index in [4.69, 9.17) is 22.1 Å². The Morgan fingerprint density at radius 1 is 1.24 bits per heavy atom. The molecule has 0 bridgehead atoms. The highest BCUT2D eigenvalue weighted by atomic mass is 35.5. The van der Waals surface area contributed by atoms with E-state index in [1.807, 2.05) is 0 Å². The number of amides is 3. The lowest BCUT2D eigenvalue weighted by atomic mass is 9.84. The van der Waals surface area contributed by atoms with E-state index in [0.29, 0.717) is 49.5 Å². The Hall–Kier alpha value is -2.98. The summed E-state index contributed by atoms with van der Waals surface area (Å²) < 4.78 is 5.76. The van der Waals surface area contributed by atoms with E-state index in [0.717, 1.165) is 12.8 Å². The van der Waals surface area contributed by atoms with Gasteiger partial charge in [0, 0.05) is 31.3 Å². The van der Waals surface area contributed by atoms with Gasteiger partial charge in [-0.2, -0.15) is 0 Å². The molecule has 2 aromatic heterocycles. The molecule has 4 N–H and O–H groups in total. The number of carbonyl (C=O) groups excluding carboxylic acids is 3. The van der Waals surface area contributed by atoms with Gasteiger partial charge in [-0.1, -0.05) is 11.6 Å². The Balaban J connectivity index is 1.44. The van der Waals surface area contributed by atoms with Crippen molar-refractivity contribution in [2.45, 2.75) is 50.7 Å². The number of primary amides is 1. The monoisotopic (exact) mass is 474 g/mol. The highest BCUT2D eigenvalue weighted by Gasteiger charge is 2.35. The molecule has 3 heterocycles. The molecule has 2 fully saturated rings. The third-order valence-corrected chi connectivity index (χ3v) is 6.64. The number of aromatic nitrogens is 3. The first-order valence-electron chi connectivity index (χ1n) is 11.1. The molecule has 3 amide bonds. The largest absolute Gasteiger partial charge is 0.376 e. The number of ether oxygens (including phenoxy) is 1. The molecule has 1 unspecified atom stereocenters. The summed E-state index contributed by atoms with van der Waals surface area (Å²) in [5, 5.41) is 3.28. The van der Waals surface area contributed by atoms with Gasteiger partial charge in [0.2, 0.25) is 5.91 Å². The molecule has 1 aliphatic heterocycles. The van der Waals surface area contributed by atoms with Gasteiger partial charge in [-0.25, -0.2) is 4.98 Å². The standard InChI is InChI=1S/C22H27ClN6O4/c23-16-7-8-25-10-17(16)28-21(31)13-3-5-14(6-4-13)29(11-15-2-1-9-33-15)22(32)19-18(20(24)30)26-12-27-19/h7-8,10,12-15H,1-6,9,11H2,(H2,24,30)(H,26,27)(H,28,31). The first kappa shape index (κ1) is 23.2. The topological polar surface area (TPSA) is 143 Å². The summed E-state index contributed by atoms with van der Waals surface area (Å²) in [6, 6.07) is 1.54. The average molecular weight is 475 g/mol. The first-order chi connectivity index (χ1) is 15.9. The highest BCUT2D eigenvalue weighted by Crippen LogP contribution is 2.31. The van der Waals surface area contributed by atoms with Crippen LogP contribution in [0, 0.1) is 5.92 Å². The van der Waals surface area contributed by atoms with Crippen molar-refractivity contribution in [2.24, 2.45) is 11.7 Å². The molecule has 0 spiro atoms. The molecule has 4 rings (SSSR count). The SMILES string of the molecule is NC(=O)c1nc[nH]c1C(=O)N(CC1CCCO1)C1CCC(C(=O)Nc2cnccc2Cl)CC1. The normalized spacial score (nSPS) is 22.6. The number of rotatable bonds is 7. The lowest BCUT2D eigenvalue weighted by Gasteiger charge is -2.37. The lowest BCUT2D eigenvalue weighted by molar-refractivity contribution is -0.121. The minimum atomic E-state index is -0.758. The average Bonchev–Trinajstić information content (AvgIpc) is 3.51. The van der Waals surface area contributed by atoms with Gasteiger partial charge in [0.05, 0.1) is 29.3 Å². The van der Waals surface area contributed by atoms with E-state index in [1.165, 1.54) is 12.5 Å². The van der Waals surface area contributed by atoms with Crippen LogP contribution < -0.4 is 11.1 Å². The van der Waals surface area contributed by atoms with Crippen molar-refractivity contribution in [3.63, 3.8) is 0 Å². The van der Waals surface area contributed by atoms with E-state index in [9.17, 15) is 14.4 Å². The van der Waals surface area contributed by atoms with Crippen LogP contribution in [0.3, 0.4) is 0 Å². The summed E-state index contributed by atoms with van der Waals surface area (Å²) >= 11 is 6.12. The molecule has 0 radical (unpaired) electrons. The molecular formula is C22H27ClN6O4. The van der Waals surface area contributed by atoms with Crippen LogP contribution in [0.4, 0.5) is 5.69 Å². The number of halogens is 1. The van der Waals surface area contributed by atoms with Crippen molar-refractivity contribution >= 4 is 35.0 Å². The summed E-state index contributed by atoms with van der Waals surface area (Å²) in [6.45, 7) is 1.09. The molecule has 176 valence electrons. The van der Waals surface area contributed by atoms with E-state index in [2.05, 4.69) is 20.3 Å². The summed E-state index contributed by atoms with van der Waals surface area (Å²) in [4.78, 5) is 50.3. The van der Waals surface area contributed by atoms with Crippen LogP contribution in [0.1, 0.15) is 59.5 Å². The maximum atomic E-state index is 13.4. The van der Waals surface area contributed by atoms with Crippen molar-refractivity contribution in [3.05, 3.63) is 41.2 Å². The number of hydrogen-bond acceptors (Lipinski definition) is 6. The lowest BCUT2D eigenvalue weighted by Crippen LogP contribution is -2.47. The summed E-state index contributed by atoms with van der Waals surface area (Å²) in [7, 11) is 0. The van der Waals surface area contributed by atoms with Crippen LogP contribution in [0.2, 0.25) is 5.02 Å². The number of H-pyrrole nitrogens is 1. The summed E-state index contributed by atoms with van der Waals surface area (Å²) in [6.07, 6.45) is 8.69. The Morgan fingerprint density at radius 3 is 2.70 bits per heavy atom. The summed E-state index contributed by atoms with van der Waals surface area (Å²) in [5.41, 5.74) is 5.89. The Kier molecular flexibility index (Phi) is 7.24. The van der Waals surface area contributed by atoms with Gasteiger partial charge in [-0.15, -0.1) is 0 Å². The second-order valence-electron chi connectivity index (χ2n) is 8.43. The molecule has 0 aromatic carbocycles. The molecule has 1 aliphatic carbocycles. The number of aromatic amines is 1. The Labute approximate surface area is 196 Å². The quantitative estimate of drug-likeness (QED) is 0.562. The predicted octanol–water partition coefficient (Wildman–Crippen LogP) is 2.38. The fraction of sp³-hybridized carbons (Fsp3) is 0.500. The molecule has 2 aliphatic rings. The maximum Gasteiger partial charge on any atom is 0.273 e. The van der Waals surface area contributed by atoms with Crippen molar-refractivity contribution in [1.29, 1.82) is 0 Å². The molecule has 11 heteroatoms. The van der Waals surface area contributed by atoms with E-state index < -0.39 is 5.91 Å². The zero-order valence-corrected chi connectivity index (χ0v) is 18.9. The minimum absolute atomic E-state index is 0.0531. The smallest absolute Gasteiger partial charge is 0.273 e. The fourth-order valence-electron chi connectivity index (χ4n) is 4.55. The molecular weight excluding hydrogens is 448 g/mol. The Bertz CT molecular complexity index is 1010. The number of nitrogens with two attached hydrogens (primary N) is 1. The zero-order chi connectivity index (χ0) is 23.4. The zero-order valence-electron chi connectivity index (χ0n) is 18.1. The second-order valence-corrected chi connectivity index (χ2v) is 8.84. The van der Waals surface area contributed by atoms with Crippen LogP contribution in [0.15, 0.2) is 24.8 Å². The third kappa shape index (κ3) is 5.33. The van der Waals surface area contributed by atoms with Gasteiger partial charge < -0.3 is 25.7 Å². The number of nitrogens with zero attached hydrogens (tertiary/aromatic N) is 3. The van der Waals surface area contributed by atoms with Crippen LogP contribution >= 0.6 is 11.6 Å². The fourth-order valence-corrected chi connectivity index (χ4v) is 4.70. The van der Waals surface area contributed by atoms with Gasteiger partial charge in [0.15, 0.2) is 5.69 Å². The van der Waals surface area contributed by atoms with Gasteiger partial charge in [-0.05, 0) is 44.6 Å². The predicted molar refractivity (Wildman–Crippen MR) is 121 cm³/mol. The maximum absolute atomic E-state index is 13.4. The number of pyridine rings is 1. The molecule has 2 aromatic rings. The van der Waals surface area contributed by atoms with Crippen LogP contribution in [0.25, 0.3) is 0 Å². The van der Waals surface area contributed by atoms with E-state index in [1.54, 1.807) is 17.2 Å². The molecule has 1 saturated carbocycles. The molecule has 1 saturated heterocycles. The van der Waals surface area contributed by atoms with Crippen molar-refractivity contribution in [3.8, 4) is 0 Å². The number of anilines is 1. The number of nitrogens with one attached hydrogen (secondary N) is 2. The van der Waals surface area contributed by atoms with Crippen LogP contribution in [-0.4, -0.2) is 62.9 Å².